The molecule has 0 bridgehead atoms. The van der Waals surface area contributed by atoms with E-state index in [1.54, 1.807) is 12.5 Å². The SMILES string of the molecule is O=C(Nc1nccs1)NC1CCCC(c2ncnc3cc(CC4CCCOCC4)ccc23)CCC1. The van der Waals surface area contributed by atoms with E-state index in [-0.39, 0.29) is 12.1 Å². The zero-order chi connectivity index (χ0) is 23.9. The Morgan fingerprint density at radius 3 is 2.71 bits per heavy atom. The van der Waals surface area contributed by atoms with Crippen molar-refractivity contribution in [2.24, 2.45) is 5.92 Å². The number of nitrogens with zero attached hydrogens (tertiary/aromatic N) is 3. The number of carbonyl (C=O) groups excluding carboxylic acids is 1. The first kappa shape index (κ1) is 24.1. The molecule has 0 spiro atoms. The number of carbonyl (C=O) groups is 1. The number of aromatic nitrogens is 3. The third-order valence-corrected chi connectivity index (χ3v) is 8.10. The maximum atomic E-state index is 12.3. The molecule has 1 saturated carbocycles. The molecule has 1 aromatic carbocycles. The summed E-state index contributed by atoms with van der Waals surface area (Å²) in [7, 11) is 0. The van der Waals surface area contributed by atoms with Crippen molar-refractivity contribution in [2.75, 3.05) is 18.5 Å². The Morgan fingerprint density at radius 2 is 1.89 bits per heavy atom. The Labute approximate surface area is 211 Å². The van der Waals surface area contributed by atoms with Crippen LogP contribution >= 0.6 is 11.3 Å². The van der Waals surface area contributed by atoms with E-state index in [4.69, 9.17) is 9.72 Å². The van der Waals surface area contributed by atoms with E-state index < -0.39 is 0 Å². The fourth-order valence-electron chi connectivity index (χ4n) is 5.62. The van der Waals surface area contributed by atoms with Gasteiger partial charge >= 0.3 is 6.03 Å². The molecule has 2 N–H and O–H groups in total. The number of anilines is 1. The Morgan fingerprint density at radius 1 is 1.00 bits per heavy atom. The highest BCUT2D eigenvalue weighted by Gasteiger charge is 2.22. The number of hydrogen-bond donors (Lipinski definition) is 2. The monoisotopic (exact) mass is 493 g/mol. The van der Waals surface area contributed by atoms with Crippen LogP contribution in [0.5, 0.6) is 0 Å². The van der Waals surface area contributed by atoms with Crippen LogP contribution in [0.2, 0.25) is 0 Å². The summed E-state index contributed by atoms with van der Waals surface area (Å²) < 4.78 is 5.63. The minimum atomic E-state index is -0.156. The maximum absolute atomic E-state index is 12.3. The first-order valence-electron chi connectivity index (χ1n) is 13.0. The van der Waals surface area contributed by atoms with E-state index >= 15 is 0 Å². The summed E-state index contributed by atoms with van der Waals surface area (Å²) in [6, 6.07) is 6.85. The molecule has 1 unspecified atom stereocenters. The largest absolute Gasteiger partial charge is 0.381 e. The van der Waals surface area contributed by atoms with Crippen LogP contribution in [-0.2, 0) is 11.2 Å². The molecule has 3 aromatic rings. The predicted octanol–water partition coefficient (Wildman–Crippen LogP) is 6.07. The van der Waals surface area contributed by atoms with E-state index in [1.807, 2.05) is 5.38 Å². The zero-order valence-corrected chi connectivity index (χ0v) is 21.1. The van der Waals surface area contributed by atoms with Crippen molar-refractivity contribution in [3.05, 3.63) is 47.4 Å². The number of benzene rings is 1. The van der Waals surface area contributed by atoms with Crippen LogP contribution in [0.3, 0.4) is 0 Å². The number of hydrogen-bond acceptors (Lipinski definition) is 6. The number of thiazole rings is 1. The first-order chi connectivity index (χ1) is 17.2. The molecule has 2 amide bonds. The van der Waals surface area contributed by atoms with Crippen LogP contribution in [0, 0.1) is 5.92 Å². The van der Waals surface area contributed by atoms with E-state index in [0.717, 1.165) is 70.1 Å². The first-order valence-corrected chi connectivity index (χ1v) is 13.9. The molecule has 1 aliphatic carbocycles. The lowest BCUT2D eigenvalue weighted by Gasteiger charge is -2.25. The molecule has 2 aromatic heterocycles. The van der Waals surface area contributed by atoms with Crippen LogP contribution in [0.4, 0.5) is 9.93 Å². The summed E-state index contributed by atoms with van der Waals surface area (Å²) in [4.78, 5) is 25.8. The van der Waals surface area contributed by atoms with Crippen molar-refractivity contribution in [3.63, 3.8) is 0 Å². The normalized spacial score (nSPS) is 23.7. The van der Waals surface area contributed by atoms with Gasteiger partial charge in [-0.2, -0.15) is 0 Å². The van der Waals surface area contributed by atoms with E-state index in [9.17, 15) is 4.79 Å². The smallest absolute Gasteiger partial charge is 0.321 e. The number of ether oxygens (including phenoxy) is 1. The predicted molar refractivity (Wildman–Crippen MR) is 140 cm³/mol. The molecule has 0 radical (unpaired) electrons. The molecule has 1 atom stereocenters. The van der Waals surface area contributed by atoms with Crippen LogP contribution < -0.4 is 10.6 Å². The van der Waals surface area contributed by atoms with Gasteiger partial charge in [-0.25, -0.2) is 19.7 Å². The highest BCUT2D eigenvalue weighted by atomic mass is 32.1. The summed E-state index contributed by atoms with van der Waals surface area (Å²) in [5, 5.41) is 9.65. The Balaban J connectivity index is 1.19. The second kappa shape index (κ2) is 11.9. The highest BCUT2D eigenvalue weighted by Crippen LogP contribution is 2.34. The summed E-state index contributed by atoms with van der Waals surface area (Å²) in [5.41, 5.74) is 3.63. The summed E-state index contributed by atoms with van der Waals surface area (Å²) >= 11 is 1.43. The van der Waals surface area contributed by atoms with Crippen molar-refractivity contribution in [1.29, 1.82) is 0 Å². The van der Waals surface area contributed by atoms with Crippen molar-refractivity contribution >= 4 is 33.4 Å². The lowest BCUT2D eigenvalue weighted by molar-refractivity contribution is 0.141. The Bertz CT molecular complexity index is 1090. The molecule has 1 aliphatic heterocycles. The van der Waals surface area contributed by atoms with Crippen molar-refractivity contribution in [3.8, 4) is 0 Å². The van der Waals surface area contributed by atoms with Gasteiger partial charge in [0, 0.05) is 42.1 Å². The average Bonchev–Trinajstić information content (AvgIpc) is 3.22. The molecule has 2 aliphatic rings. The number of fused-ring (bicyclic) bond motifs is 1. The second-order valence-corrected chi connectivity index (χ2v) is 10.8. The maximum Gasteiger partial charge on any atom is 0.321 e. The van der Waals surface area contributed by atoms with Gasteiger partial charge in [0.2, 0.25) is 0 Å². The van der Waals surface area contributed by atoms with Crippen LogP contribution in [0.15, 0.2) is 36.1 Å². The third kappa shape index (κ3) is 6.55. The van der Waals surface area contributed by atoms with E-state index in [2.05, 4.69) is 38.8 Å². The molecular formula is C27H35N5O2S. The highest BCUT2D eigenvalue weighted by molar-refractivity contribution is 7.13. The zero-order valence-electron chi connectivity index (χ0n) is 20.2. The van der Waals surface area contributed by atoms with Gasteiger partial charge in [0.05, 0.1) is 11.2 Å². The standard InChI is InChI=1S/C27H35N5O2S/c33-26(32-27-28-12-15-35-27)31-22-7-1-5-21(6-2-8-22)25-23-10-9-20(17-24(23)29-18-30-25)16-19-4-3-13-34-14-11-19/h9-10,12,15,17-19,21-22H,1-8,11,13-14,16H2,(H2,28,31,32,33). The minimum Gasteiger partial charge on any atom is -0.381 e. The van der Waals surface area contributed by atoms with E-state index in [1.165, 1.54) is 40.8 Å². The fraction of sp³-hybridized carbons (Fsp3) is 0.556. The van der Waals surface area contributed by atoms with Gasteiger partial charge in [-0.3, -0.25) is 5.32 Å². The lowest BCUT2D eigenvalue weighted by atomic mass is 9.85. The van der Waals surface area contributed by atoms with Crippen molar-refractivity contribution in [2.45, 2.75) is 76.2 Å². The molecule has 7 nitrogen and oxygen atoms in total. The van der Waals surface area contributed by atoms with Gasteiger partial charge in [0.15, 0.2) is 5.13 Å². The quantitative estimate of drug-likeness (QED) is 0.450. The average molecular weight is 494 g/mol. The van der Waals surface area contributed by atoms with E-state index in [0.29, 0.717) is 17.0 Å². The van der Waals surface area contributed by atoms with Crippen molar-refractivity contribution < 1.29 is 9.53 Å². The second-order valence-electron chi connectivity index (χ2n) is 9.92. The fourth-order valence-corrected chi connectivity index (χ4v) is 6.14. The number of rotatable bonds is 5. The molecule has 8 heteroatoms. The summed E-state index contributed by atoms with van der Waals surface area (Å²) in [6.07, 6.45) is 14.4. The number of nitrogens with one attached hydrogen (secondary N) is 2. The molecule has 186 valence electrons. The van der Waals surface area contributed by atoms with Gasteiger partial charge in [-0.1, -0.05) is 25.0 Å². The molecule has 2 fully saturated rings. The van der Waals surface area contributed by atoms with Gasteiger partial charge in [-0.05, 0) is 68.9 Å². The minimum absolute atomic E-state index is 0.156. The third-order valence-electron chi connectivity index (χ3n) is 7.41. The molecular weight excluding hydrogens is 458 g/mol. The summed E-state index contributed by atoms with van der Waals surface area (Å²) in [5.74, 6) is 1.14. The molecule has 5 rings (SSSR count). The lowest BCUT2D eigenvalue weighted by Crippen LogP contribution is -2.38. The van der Waals surface area contributed by atoms with Crippen molar-refractivity contribution in [1.82, 2.24) is 20.3 Å². The molecule has 3 heterocycles. The number of amides is 2. The van der Waals surface area contributed by atoms with Gasteiger partial charge in [-0.15, -0.1) is 11.3 Å². The topological polar surface area (TPSA) is 89.0 Å². The van der Waals surface area contributed by atoms with Crippen LogP contribution in [0.1, 0.15) is 75.0 Å². The Hall–Kier alpha value is -2.58. The van der Waals surface area contributed by atoms with Crippen LogP contribution in [-0.4, -0.2) is 40.2 Å². The van der Waals surface area contributed by atoms with Gasteiger partial charge < -0.3 is 10.1 Å². The van der Waals surface area contributed by atoms with Gasteiger partial charge in [0.1, 0.15) is 6.33 Å². The molecule has 35 heavy (non-hydrogen) atoms. The Kier molecular flexibility index (Phi) is 8.21. The number of urea groups is 1. The van der Waals surface area contributed by atoms with Crippen LogP contribution in [0.25, 0.3) is 10.9 Å². The van der Waals surface area contributed by atoms with Gasteiger partial charge in [0.25, 0.3) is 0 Å². The molecule has 1 saturated heterocycles. The summed E-state index contributed by atoms with van der Waals surface area (Å²) in [6.45, 7) is 1.79.